The van der Waals surface area contributed by atoms with Gasteiger partial charge in [-0.1, -0.05) is 13.8 Å². The van der Waals surface area contributed by atoms with Gasteiger partial charge >= 0.3 is 5.97 Å². The summed E-state index contributed by atoms with van der Waals surface area (Å²) < 4.78 is 25.6. The van der Waals surface area contributed by atoms with E-state index in [9.17, 15) is 18.4 Å². The van der Waals surface area contributed by atoms with Crippen molar-refractivity contribution in [3.63, 3.8) is 0 Å². The van der Waals surface area contributed by atoms with Crippen LogP contribution in [0.5, 0.6) is 0 Å². The van der Waals surface area contributed by atoms with Gasteiger partial charge < -0.3 is 10.4 Å². The van der Waals surface area contributed by atoms with Crippen molar-refractivity contribution in [2.24, 2.45) is 5.92 Å². The van der Waals surface area contributed by atoms with Crippen LogP contribution in [-0.4, -0.2) is 23.0 Å². The van der Waals surface area contributed by atoms with Crippen molar-refractivity contribution in [2.45, 2.75) is 19.9 Å². The van der Waals surface area contributed by atoms with Crippen molar-refractivity contribution in [1.82, 2.24) is 5.32 Å². The van der Waals surface area contributed by atoms with E-state index in [0.29, 0.717) is 0 Å². The Bertz CT molecular complexity index is 474. The molecular weight excluding hydrogens is 244 g/mol. The normalized spacial score (nSPS) is 12.3. The largest absolute Gasteiger partial charge is 0.480 e. The molecule has 0 saturated carbocycles. The van der Waals surface area contributed by atoms with Crippen LogP contribution in [0, 0.1) is 17.6 Å². The Hall–Kier alpha value is -1.98. The molecule has 1 aromatic rings. The van der Waals surface area contributed by atoms with E-state index in [4.69, 9.17) is 5.11 Å². The molecule has 4 nitrogen and oxygen atoms in total. The Kier molecular flexibility index (Phi) is 4.36. The Labute approximate surface area is 103 Å². The summed E-state index contributed by atoms with van der Waals surface area (Å²) in [6.45, 7) is 3.26. The minimum Gasteiger partial charge on any atom is -0.480 e. The average Bonchev–Trinajstić information content (AvgIpc) is 2.28. The number of rotatable bonds is 4. The smallest absolute Gasteiger partial charge is 0.326 e. The zero-order chi connectivity index (χ0) is 13.9. The van der Waals surface area contributed by atoms with E-state index in [0.717, 1.165) is 18.2 Å². The summed E-state index contributed by atoms with van der Waals surface area (Å²) in [4.78, 5) is 22.5. The quantitative estimate of drug-likeness (QED) is 0.864. The lowest BCUT2D eigenvalue weighted by Gasteiger charge is -2.17. The molecule has 2 N–H and O–H groups in total. The van der Waals surface area contributed by atoms with E-state index >= 15 is 0 Å². The maximum Gasteiger partial charge on any atom is 0.326 e. The molecule has 0 fully saturated rings. The van der Waals surface area contributed by atoms with E-state index in [1.165, 1.54) is 0 Å². The topological polar surface area (TPSA) is 66.4 Å². The van der Waals surface area contributed by atoms with Crippen LogP contribution in [-0.2, 0) is 4.79 Å². The number of carboxylic acids is 1. The van der Waals surface area contributed by atoms with Crippen LogP contribution in [0.15, 0.2) is 18.2 Å². The number of amides is 1. The van der Waals surface area contributed by atoms with Crippen molar-refractivity contribution in [2.75, 3.05) is 0 Å². The summed E-state index contributed by atoms with van der Waals surface area (Å²) >= 11 is 0. The third kappa shape index (κ3) is 3.26. The zero-order valence-corrected chi connectivity index (χ0v) is 9.91. The predicted octanol–water partition coefficient (Wildman–Crippen LogP) is 1.80. The number of hydrogen-bond acceptors (Lipinski definition) is 2. The summed E-state index contributed by atoms with van der Waals surface area (Å²) in [7, 11) is 0. The minimum atomic E-state index is -1.18. The monoisotopic (exact) mass is 257 g/mol. The van der Waals surface area contributed by atoms with Gasteiger partial charge in [-0.2, -0.15) is 0 Å². The van der Waals surface area contributed by atoms with Crippen LogP contribution < -0.4 is 5.32 Å². The lowest BCUT2D eigenvalue weighted by molar-refractivity contribution is -0.140. The summed E-state index contributed by atoms with van der Waals surface area (Å²) in [5, 5.41) is 11.1. The van der Waals surface area contributed by atoms with Gasteiger partial charge in [0.2, 0.25) is 0 Å². The van der Waals surface area contributed by atoms with Crippen LogP contribution in [0.3, 0.4) is 0 Å². The molecule has 0 aromatic heterocycles. The molecule has 0 unspecified atom stereocenters. The number of aliphatic carboxylic acids is 1. The fourth-order valence-electron chi connectivity index (χ4n) is 1.38. The third-order valence-corrected chi connectivity index (χ3v) is 2.40. The van der Waals surface area contributed by atoms with Crippen LogP contribution in [0.25, 0.3) is 0 Å². The minimum absolute atomic E-state index is 0.124. The molecule has 0 aliphatic rings. The number of hydrogen-bond donors (Lipinski definition) is 2. The molecule has 6 heteroatoms. The maximum absolute atomic E-state index is 12.9. The lowest BCUT2D eigenvalue weighted by atomic mass is 10.0. The van der Waals surface area contributed by atoms with Gasteiger partial charge in [0.25, 0.3) is 5.91 Å². The predicted molar refractivity (Wildman–Crippen MR) is 60.1 cm³/mol. The van der Waals surface area contributed by atoms with E-state index in [1.807, 2.05) is 0 Å². The summed E-state index contributed by atoms with van der Waals surface area (Å²) in [5.74, 6) is -4.48. The molecule has 1 atom stereocenters. The van der Waals surface area contributed by atoms with Crippen molar-refractivity contribution in [3.8, 4) is 0 Å². The number of nitrogens with one attached hydrogen (secondary N) is 1. The standard InChI is InChI=1S/C12H13F2NO3/c1-6(2)10(12(17)18)15-11(16)7-3-4-8(13)9(14)5-7/h3-6,10H,1-2H3,(H,15,16)(H,17,18)/t10-/m0/s1. The van der Waals surface area contributed by atoms with Crippen LogP contribution >= 0.6 is 0 Å². The van der Waals surface area contributed by atoms with Gasteiger partial charge in [0, 0.05) is 5.56 Å². The Morgan fingerprint density at radius 2 is 1.83 bits per heavy atom. The van der Waals surface area contributed by atoms with Crippen LogP contribution in [0.4, 0.5) is 8.78 Å². The summed E-state index contributed by atoms with van der Waals surface area (Å²) in [6.07, 6.45) is 0. The highest BCUT2D eigenvalue weighted by Gasteiger charge is 2.24. The average molecular weight is 257 g/mol. The number of carboxylic acid groups (broad SMARTS) is 1. The fraction of sp³-hybridized carbons (Fsp3) is 0.333. The molecule has 0 bridgehead atoms. The molecule has 0 aliphatic carbocycles. The SMILES string of the molecule is CC(C)[C@H](NC(=O)c1ccc(F)c(F)c1)C(=O)O. The summed E-state index contributed by atoms with van der Waals surface area (Å²) in [5.41, 5.74) is -0.124. The zero-order valence-electron chi connectivity index (χ0n) is 9.91. The van der Waals surface area contributed by atoms with Crippen molar-refractivity contribution >= 4 is 11.9 Å². The van der Waals surface area contributed by atoms with E-state index in [-0.39, 0.29) is 11.5 Å². The van der Waals surface area contributed by atoms with Gasteiger partial charge in [0.15, 0.2) is 11.6 Å². The Morgan fingerprint density at radius 1 is 1.22 bits per heavy atom. The van der Waals surface area contributed by atoms with Gasteiger partial charge in [0.05, 0.1) is 0 Å². The van der Waals surface area contributed by atoms with Crippen molar-refractivity contribution in [3.05, 3.63) is 35.4 Å². The maximum atomic E-state index is 12.9. The van der Waals surface area contributed by atoms with Gasteiger partial charge in [0.1, 0.15) is 6.04 Å². The Morgan fingerprint density at radius 3 is 2.28 bits per heavy atom. The highest BCUT2D eigenvalue weighted by atomic mass is 19.2. The molecule has 1 amide bonds. The first-order valence-electron chi connectivity index (χ1n) is 5.31. The second kappa shape index (κ2) is 5.57. The van der Waals surface area contributed by atoms with Gasteiger partial charge in [-0.05, 0) is 24.1 Å². The fourth-order valence-corrected chi connectivity index (χ4v) is 1.38. The Balaban J connectivity index is 2.87. The number of carbonyl (C=O) groups excluding carboxylic acids is 1. The highest BCUT2D eigenvalue weighted by Crippen LogP contribution is 2.10. The molecule has 98 valence electrons. The summed E-state index contributed by atoms with van der Waals surface area (Å²) in [6, 6.07) is 1.55. The first-order chi connectivity index (χ1) is 8.32. The van der Waals surface area contributed by atoms with Crippen LogP contribution in [0.1, 0.15) is 24.2 Å². The van der Waals surface area contributed by atoms with Crippen LogP contribution in [0.2, 0.25) is 0 Å². The van der Waals surface area contributed by atoms with Crippen molar-refractivity contribution in [1.29, 1.82) is 0 Å². The first kappa shape index (κ1) is 14.1. The van der Waals surface area contributed by atoms with Crippen molar-refractivity contribution < 1.29 is 23.5 Å². The van der Waals surface area contributed by atoms with E-state index in [1.54, 1.807) is 13.8 Å². The molecule has 1 aromatic carbocycles. The molecule has 0 radical (unpaired) electrons. The lowest BCUT2D eigenvalue weighted by Crippen LogP contribution is -2.44. The van der Waals surface area contributed by atoms with E-state index in [2.05, 4.69) is 5.32 Å². The first-order valence-corrected chi connectivity index (χ1v) is 5.31. The highest BCUT2D eigenvalue weighted by molar-refractivity contribution is 5.96. The molecule has 0 heterocycles. The third-order valence-electron chi connectivity index (χ3n) is 2.40. The van der Waals surface area contributed by atoms with Gasteiger partial charge in [-0.15, -0.1) is 0 Å². The molecule has 0 aliphatic heterocycles. The van der Waals surface area contributed by atoms with Gasteiger partial charge in [-0.25, -0.2) is 13.6 Å². The molecule has 0 saturated heterocycles. The molecule has 18 heavy (non-hydrogen) atoms. The molecule has 0 spiro atoms. The number of halogens is 2. The molecular formula is C12H13F2NO3. The van der Waals surface area contributed by atoms with Gasteiger partial charge in [-0.3, -0.25) is 4.79 Å². The number of carbonyl (C=O) groups is 2. The number of benzene rings is 1. The second-order valence-electron chi connectivity index (χ2n) is 4.16. The molecule has 1 rings (SSSR count). The second-order valence-corrected chi connectivity index (χ2v) is 4.16. The van der Waals surface area contributed by atoms with E-state index < -0.39 is 29.6 Å².